The van der Waals surface area contributed by atoms with Crippen LogP contribution in [0.25, 0.3) is 0 Å². The Hall–Kier alpha value is -2.71. The number of ether oxygens (including phenoxy) is 1. The molecule has 1 aliphatic rings. The van der Waals surface area contributed by atoms with Crippen LogP contribution in [0, 0.1) is 0 Å². The van der Waals surface area contributed by atoms with Gasteiger partial charge in [0, 0.05) is 36.8 Å². The summed E-state index contributed by atoms with van der Waals surface area (Å²) in [7, 11) is 3.45. The molecule has 8 heteroatoms. The number of piperazine rings is 1. The first-order chi connectivity index (χ1) is 15.0. The summed E-state index contributed by atoms with van der Waals surface area (Å²) in [5.74, 6) is 0.761. The van der Waals surface area contributed by atoms with Crippen LogP contribution in [0.15, 0.2) is 53.4 Å². The highest BCUT2D eigenvalue weighted by Crippen LogP contribution is 2.24. The molecule has 1 aliphatic heterocycles. The Morgan fingerprint density at radius 1 is 1.03 bits per heavy atom. The average molecular weight is 443 g/mol. The smallest absolute Gasteiger partial charge is 0.238 e. The summed E-state index contributed by atoms with van der Waals surface area (Å²) < 4.78 is 5.21. The molecular weight excluding hydrogens is 412 g/mol. The van der Waals surface area contributed by atoms with Gasteiger partial charge in [0.15, 0.2) is 0 Å². The van der Waals surface area contributed by atoms with E-state index in [4.69, 9.17) is 4.74 Å². The lowest BCUT2D eigenvalue weighted by molar-refractivity contribution is -0.132. The fraction of sp³-hybridized carbons (Fsp3) is 0.391. The largest absolute Gasteiger partial charge is 0.497 e. The summed E-state index contributed by atoms with van der Waals surface area (Å²) in [4.78, 5) is 32.0. The molecule has 0 aliphatic carbocycles. The first-order valence-electron chi connectivity index (χ1n) is 10.3. The Balaban J connectivity index is 1.44. The van der Waals surface area contributed by atoms with Gasteiger partial charge in [0.05, 0.1) is 25.9 Å². The van der Waals surface area contributed by atoms with E-state index in [0.29, 0.717) is 13.1 Å². The van der Waals surface area contributed by atoms with E-state index in [1.54, 1.807) is 30.8 Å². The van der Waals surface area contributed by atoms with Gasteiger partial charge in [0.1, 0.15) is 5.75 Å². The number of nitrogens with zero attached hydrogens (tertiary/aromatic N) is 3. The van der Waals surface area contributed by atoms with Gasteiger partial charge in [-0.3, -0.25) is 14.5 Å². The van der Waals surface area contributed by atoms with Crippen LogP contribution in [0.1, 0.15) is 0 Å². The zero-order valence-corrected chi connectivity index (χ0v) is 19.2. The molecule has 1 fully saturated rings. The minimum absolute atomic E-state index is 0.0502. The SMILES string of the molecule is COc1ccc(N2CCN(C(=O)CN(C)CC(=O)Nc3ccccc3SC)CC2)cc1. The van der Waals surface area contributed by atoms with Gasteiger partial charge in [0.2, 0.25) is 11.8 Å². The number of hydrogen-bond donors (Lipinski definition) is 1. The first-order valence-corrected chi connectivity index (χ1v) is 11.5. The topological polar surface area (TPSA) is 65.1 Å². The molecule has 166 valence electrons. The standard InChI is InChI=1S/C23H30N4O3S/c1-25(16-22(28)24-20-6-4-5-7-21(20)31-3)17-23(29)27-14-12-26(13-15-27)18-8-10-19(30-2)11-9-18/h4-11H,12-17H2,1-3H3,(H,24,28). The lowest BCUT2D eigenvalue weighted by Crippen LogP contribution is -2.51. The molecule has 0 bridgehead atoms. The number of para-hydroxylation sites is 1. The Morgan fingerprint density at radius 2 is 1.71 bits per heavy atom. The molecular formula is C23H30N4O3S. The zero-order valence-electron chi connectivity index (χ0n) is 18.3. The van der Waals surface area contributed by atoms with E-state index in [0.717, 1.165) is 35.1 Å². The number of methoxy groups -OCH3 is 1. The molecule has 0 unspecified atom stereocenters. The van der Waals surface area contributed by atoms with Crippen molar-refractivity contribution >= 4 is 35.0 Å². The van der Waals surface area contributed by atoms with Gasteiger partial charge in [-0.2, -0.15) is 0 Å². The second kappa shape index (κ2) is 11.1. The predicted octanol–water partition coefficient (Wildman–Crippen LogP) is 2.64. The van der Waals surface area contributed by atoms with E-state index in [-0.39, 0.29) is 24.9 Å². The molecule has 2 aromatic rings. The van der Waals surface area contributed by atoms with Crippen LogP contribution in [0.4, 0.5) is 11.4 Å². The lowest BCUT2D eigenvalue weighted by atomic mass is 10.2. The maximum absolute atomic E-state index is 12.7. The van der Waals surface area contributed by atoms with E-state index in [2.05, 4.69) is 10.2 Å². The van der Waals surface area contributed by atoms with Crippen LogP contribution in [0.3, 0.4) is 0 Å². The monoisotopic (exact) mass is 442 g/mol. The molecule has 3 rings (SSSR count). The minimum Gasteiger partial charge on any atom is -0.497 e. The van der Waals surface area contributed by atoms with Gasteiger partial charge < -0.3 is 19.9 Å². The third-order valence-corrected chi connectivity index (χ3v) is 6.07. The molecule has 1 N–H and O–H groups in total. The van der Waals surface area contributed by atoms with Gasteiger partial charge in [-0.1, -0.05) is 12.1 Å². The van der Waals surface area contributed by atoms with Crippen molar-refractivity contribution in [1.29, 1.82) is 0 Å². The van der Waals surface area contributed by atoms with E-state index >= 15 is 0 Å². The molecule has 7 nitrogen and oxygen atoms in total. The highest BCUT2D eigenvalue weighted by molar-refractivity contribution is 7.98. The molecule has 2 aromatic carbocycles. The van der Waals surface area contributed by atoms with Gasteiger partial charge in [-0.05, 0) is 49.7 Å². The van der Waals surface area contributed by atoms with E-state index in [9.17, 15) is 9.59 Å². The van der Waals surface area contributed by atoms with Crippen molar-refractivity contribution in [2.24, 2.45) is 0 Å². The fourth-order valence-electron chi connectivity index (χ4n) is 3.58. The Labute approximate surface area is 188 Å². The molecule has 0 aromatic heterocycles. The third kappa shape index (κ3) is 6.38. The number of carbonyl (C=O) groups is 2. The summed E-state index contributed by atoms with van der Waals surface area (Å²) in [5.41, 5.74) is 1.93. The number of carbonyl (C=O) groups excluding carboxylic acids is 2. The van der Waals surface area contributed by atoms with Gasteiger partial charge >= 0.3 is 0 Å². The maximum Gasteiger partial charge on any atom is 0.238 e. The Kier molecular flexibility index (Phi) is 8.20. The number of likely N-dealkylation sites (N-methyl/N-ethyl adjacent to an activating group) is 1. The van der Waals surface area contributed by atoms with Gasteiger partial charge in [0.25, 0.3) is 0 Å². The van der Waals surface area contributed by atoms with Crippen molar-refractivity contribution in [2.75, 3.05) is 69.9 Å². The molecule has 2 amide bonds. The number of amides is 2. The molecule has 0 saturated carbocycles. The molecule has 0 radical (unpaired) electrons. The van der Waals surface area contributed by atoms with Gasteiger partial charge in [-0.25, -0.2) is 0 Å². The Bertz CT molecular complexity index is 883. The van der Waals surface area contributed by atoms with Crippen LogP contribution < -0.4 is 15.0 Å². The molecule has 0 atom stereocenters. The van der Waals surface area contributed by atoms with Crippen LogP contribution in [0.2, 0.25) is 0 Å². The summed E-state index contributed by atoms with van der Waals surface area (Å²) in [5, 5.41) is 2.94. The first kappa shape index (κ1) is 23.0. The molecule has 31 heavy (non-hydrogen) atoms. The van der Waals surface area contributed by atoms with E-state index in [1.807, 2.05) is 59.7 Å². The van der Waals surface area contributed by atoms with Crippen LogP contribution in [0.5, 0.6) is 5.75 Å². The van der Waals surface area contributed by atoms with Crippen molar-refractivity contribution in [1.82, 2.24) is 9.80 Å². The lowest BCUT2D eigenvalue weighted by Gasteiger charge is -2.36. The van der Waals surface area contributed by atoms with E-state index in [1.165, 1.54) is 0 Å². The van der Waals surface area contributed by atoms with Crippen molar-refractivity contribution in [3.8, 4) is 5.75 Å². The Morgan fingerprint density at radius 3 is 2.35 bits per heavy atom. The normalized spacial score (nSPS) is 13.9. The number of rotatable bonds is 8. The predicted molar refractivity (Wildman–Crippen MR) is 126 cm³/mol. The fourth-order valence-corrected chi connectivity index (χ4v) is 4.13. The number of nitrogens with one attached hydrogen (secondary N) is 1. The number of hydrogen-bond acceptors (Lipinski definition) is 6. The van der Waals surface area contributed by atoms with Crippen LogP contribution in [-0.2, 0) is 9.59 Å². The quantitative estimate of drug-likeness (QED) is 0.634. The number of benzene rings is 2. The second-order valence-corrected chi connectivity index (χ2v) is 8.33. The summed E-state index contributed by atoms with van der Waals surface area (Å²) >= 11 is 1.59. The van der Waals surface area contributed by atoms with Gasteiger partial charge in [-0.15, -0.1) is 11.8 Å². The average Bonchev–Trinajstić information content (AvgIpc) is 2.79. The zero-order chi connectivity index (χ0) is 22.2. The third-order valence-electron chi connectivity index (χ3n) is 5.27. The highest BCUT2D eigenvalue weighted by atomic mass is 32.2. The second-order valence-electron chi connectivity index (χ2n) is 7.49. The summed E-state index contributed by atoms with van der Waals surface area (Å²) in [6.07, 6.45) is 1.98. The van der Waals surface area contributed by atoms with Crippen molar-refractivity contribution in [2.45, 2.75) is 4.90 Å². The molecule has 1 heterocycles. The van der Waals surface area contributed by atoms with Crippen molar-refractivity contribution in [3.63, 3.8) is 0 Å². The van der Waals surface area contributed by atoms with E-state index < -0.39 is 0 Å². The molecule has 1 saturated heterocycles. The summed E-state index contributed by atoms with van der Waals surface area (Å²) in [6, 6.07) is 15.7. The van der Waals surface area contributed by atoms with Crippen molar-refractivity contribution in [3.05, 3.63) is 48.5 Å². The molecule has 0 spiro atoms. The van der Waals surface area contributed by atoms with Crippen LogP contribution >= 0.6 is 11.8 Å². The maximum atomic E-state index is 12.7. The minimum atomic E-state index is -0.124. The van der Waals surface area contributed by atoms with Crippen molar-refractivity contribution < 1.29 is 14.3 Å². The number of anilines is 2. The highest BCUT2D eigenvalue weighted by Gasteiger charge is 2.22. The van der Waals surface area contributed by atoms with Crippen LogP contribution in [-0.4, -0.2) is 81.3 Å². The summed E-state index contributed by atoms with van der Waals surface area (Å²) in [6.45, 7) is 3.31. The number of thioether (sulfide) groups is 1.